The van der Waals surface area contributed by atoms with E-state index in [4.69, 9.17) is 5.73 Å². The molecule has 2 aromatic carbocycles. The number of rotatable bonds is 7. The minimum Gasteiger partial charge on any atom is -0.368 e. The van der Waals surface area contributed by atoms with E-state index in [1.54, 1.807) is 30.3 Å². The fourth-order valence-electron chi connectivity index (χ4n) is 4.16. The van der Waals surface area contributed by atoms with E-state index < -0.39 is 0 Å². The summed E-state index contributed by atoms with van der Waals surface area (Å²) in [7, 11) is 0. The Morgan fingerprint density at radius 1 is 1.09 bits per heavy atom. The predicted octanol–water partition coefficient (Wildman–Crippen LogP) is 1.17. The smallest absolute Gasteiger partial charge is 0.273 e. The molecule has 1 unspecified atom stereocenters. The van der Waals surface area contributed by atoms with Crippen LogP contribution in [0.3, 0.4) is 0 Å². The first-order chi connectivity index (χ1) is 15.4. The van der Waals surface area contributed by atoms with Gasteiger partial charge < -0.3 is 11.1 Å². The van der Waals surface area contributed by atoms with Crippen molar-refractivity contribution in [3.8, 4) is 0 Å². The maximum absolute atomic E-state index is 12.6. The fourth-order valence-corrected chi connectivity index (χ4v) is 4.16. The number of carbonyl (C=O) groups excluding carboxylic acids is 2. The Morgan fingerprint density at radius 3 is 2.66 bits per heavy atom. The number of carbonyl (C=O) groups is 2. The van der Waals surface area contributed by atoms with Gasteiger partial charge in [0.05, 0.1) is 23.4 Å². The summed E-state index contributed by atoms with van der Waals surface area (Å²) in [6, 6.07) is 13.7. The number of anilines is 1. The molecule has 0 saturated carbocycles. The minimum absolute atomic E-state index is 0.0221. The number of aryl methyl sites for hydroxylation is 1. The number of aromatic amines is 1. The summed E-state index contributed by atoms with van der Waals surface area (Å²) in [5.41, 5.74) is 6.36. The van der Waals surface area contributed by atoms with Crippen LogP contribution in [0.2, 0.25) is 0 Å². The molecule has 0 bridgehead atoms. The van der Waals surface area contributed by atoms with Crippen molar-refractivity contribution < 1.29 is 9.59 Å². The van der Waals surface area contributed by atoms with Crippen molar-refractivity contribution in [3.05, 3.63) is 74.8 Å². The maximum atomic E-state index is 12.6. The first-order valence-corrected chi connectivity index (χ1v) is 10.6. The van der Waals surface area contributed by atoms with E-state index in [0.29, 0.717) is 23.0 Å². The lowest BCUT2D eigenvalue weighted by atomic mass is 10.1. The van der Waals surface area contributed by atoms with Crippen LogP contribution in [0.15, 0.2) is 58.1 Å². The van der Waals surface area contributed by atoms with Gasteiger partial charge in [0.15, 0.2) is 0 Å². The Kier molecular flexibility index (Phi) is 6.18. The van der Waals surface area contributed by atoms with Gasteiger partial charge in [-0.1, -0.05) is 24.3 Å². The molecule has 0 spiro atoms. The minimum atomic E-state index is -0.371. The predicted molar refractivity (Wildman–Crippen MR) is 121 cm³/mol. The molecule has 1 aromatic heterocycles. The molecule has 1 fully saturated rings. The molecule has 1 aliphatic heterocycles. The summed E-state index contributed by atoms with van der Waals surface area (Å²) >= 11 is 0. The van der Waals surface area contributed by atoms with Gasteiger partial charge in [-0.2, -0.15) is 0 Å². The number of hydrogen-bond acceptors (Lipinski definition) is 5. The second-order valence-electron chi connectivity index (χ2n) is 7.97. The largest absolute Gasteiger partial charge is 0.368 e. The van der Waals surface area contributed by atoms with Crippen molar-refractivity contribution in [2.45, 2.75) is 38.4 Å². The number of nitrogens with one attached hydrogen (secondary N) is 2. The molecular weight excluding hydrogens is 410 g/mol. The molecule has 0 radical (unpaired) electrons. The van der Waals surface area contributed by atoms with Gasteiger partial charge in [0.2, 0.25) is 11.8 Å². The number of H-pyrrole nitrogens is 1. The standard InChI is InChI=1S/C23H25N5O4/c24-21(30)19-9-4-11-27(19)14-15-5-3-6-16(13-15)25-20(29)10-12-28-23(32)18-8-2-1-7-17(18)22(31)26-28/h1-3,5-8,13,19H,4,9-12,14H2,(H2,24,30)(H,25,29)(H,26,31). The highest BCUT2D eigenvalue weighted by atomic mass is 16.2. The number of nitrogens with zero attached hydrogens (tertiary/aromatic N) is 2. The summed E-state index contributed by atoms with van der Waals surface area (Å²) < 4.78 is 1.16. The van der Waals surface area contributed by atoms with Crippen LogP contribution in [0, 0.1) is 0 Å². The molecule has 1 atom stereocenters. The number of hydrogen-bond donors (Lipinski definition) is 3. The van der Waals surface area contributed by atoms with E-state index >= 15 is 0 Å². The number of likely N-dealkylation sites (tertiary alicyclic amines) is 1. The normalized spacial score (nSPS) is 16.3. The average molecular weight is 435 g/mol. The van der Waals surface area contributed by atoms with Gasteiger partial charge in [0, 0.05) is 18.7 Å². The van der Waals surface area contributed by atoms with Crippen molar-refractivity contribution in [2.24, 2.45) is 5.73 Å². The van der Waals surface area contributed by atoms with E-state index in [2.05, 4.69) is 10.4 Å². The zero-order chi connectivity index (χ0) is 22.7. The van der Waals surface area contributed by atoms with Gasteiger partial charge in [-0.3, -0.25) is 29.2 Å². The summed E-state index contributed by atoms with van der Waals surface area (Å²) in [5, 5.41) is 6.00. The van der Waals surface area contributed by atoms with Crippen LogP contribution in [-0.4, -0.2) is 39.1 Å². The molecule has 1 aliphatic rings. The summed E-state index contributed by atoms with van der Waals surface area (Å²) in [6.07, 6.45) is 1.72. The molecule has 9 heteroatoms. The third kappa shape index (κ3) is 4.62. The van der Waals surface area contributed by atoms with Crippen LogP contribution in [0.5, 0.6) is 0 Å². The van der Waals surface area contributed by atoms with E-state index in [9.17, 15) is 19.2 Å². The van der Waals surface area contributed by atoms with Gasteiger partial charge >= 0.3 is 0 Å². The van der Waals surface area contributed by atoms with Gasteiger partial charge in [0.25, 0.3) is 11.1 Å². The molecule has 4 N–H and O–H groups in total. The second-order valence-corrected chi connectivity index (χ2v) is 7.97. The highest BCUT2D eigenvalue weighted by Crippen LogP contribution is 2.21. The lowest BCUT2D eigenvalue weighted by molar-refractivity contribution is -0.122. The fraction of sp³-hybridized carbons (Fsp3) is 0.304. The Labute approximate surface area is 183 Å². The van der Waals surface area contributed by atoms with Crippen molar-refractivity contribution >= 4 is 28.3 Å². The topological polar surface area (TPSA) is 130 Å². The lowest BCUT2D eigenvalue weighted by Gasteiger charge is -2.22. The number of benzene rings is 2. The van der Waals surface area contributed by atoms with Gasteiger partial charge in [-0.15, -0.1) is 0 Å². The quantitative estimate of drug-likeness (QED) is 0.513. The Balaban J connectivity index is 1.40. The number of primary amides is 1. The molecule has 4 rings (SSSR count). The maximum Gasteiger partial charge on any atom is 0.273 e. The van der Waals surface area contributed by atoms with E-state index in [-0.39, 0.29) is 41.9 Å². The third-order valence-electron chi connectivity index (χ3n) is 5.73. The van der Waals surface area contributed by atoms with Gasteiger partial charge in [-0.05, 0) is 49.2 Å². The highest BCUT2D eigenvalue weighted by molar-refractivity contribution is 5.90. The van der Waals surface area contributed by atoms with Crippen LogP contribution in [0.4, 0.5) is 5.69 Å². The molecule has 0 aliphatic carbocycles. The van der Waals surface area contributed by atoms with Crippen molar-refractivity contribution in [3.63, 3.8) is 0 Å². The van der Waals surface area contributed by atoms with Crippen molar-refractivity contribution in [1.29, 1.82) is 0 Å². The SMILES string of the molecule is NC(=O)C1CCCN1Cc1cccc(NC(=O)CCn2[nH]c(=O)c3ccccc3c2=O)c1. The van der Waals surface area contributed by atoms with Crippen LogP contribution in [0.1, 0.15) is 24.8 Å². The zero-order valence-corrected chi connectivity index (χ0v) is 17.5. The Morgan fingerprint density at radius 2 is 1.88 bits per heavy atom. The Bertz CT molecular complexity index is 1280. The number of nitrogens with two attached hydrogens (primary N) is 1. The number of aromatic nitrogens is 2. The lowest BCUT2D eigenvalue weighted by Crippen LogP contribution is -2.39. The van der Waals surface area contributed by atoms with E-state index in [1.807, 2.05) is 23.1 Å². The molecule has 3 aromatic rings. The van der Waals surface area contributed by atoms with E-state index in [1.165, 1.54) is 0 Å². The van der Waals surface area contributed by atoms with Crippen LogP contribution >= 0.6 is 0 Å². The highest BCUT2D eigenvalue weighted by Gasteiger charge is 2.28. The van der Waals surface area contributed by atoms with E-state index in [0.717, 1.165) is 29.6 Å². The number of fused-ring (bicyclic) bond motifs is 1. The van der Waals surface area contributed by atoms with Crippen molar-refractivity contribution in [1.82, 2.24) is 14.7 Å². The van der Waals surface area contributed by atoms with Crippen LogP contribution in [-0.2, 0) is 22.7 Å². The zero-order valence-electron chi connectivity index (χ0n) is 17.5. The summed E-state index contributed by atoms with van der Waals surface area (Å²) in [6.45, 7) is 1.44. The van der Waals surface area contributed by atoms with Crippen LogP contribution in [0.25, 0.3) is 10.8 Å². The molecular formula is C23H25N5O4. The summed E-state index contributed by atoms with van der Waals surface area (Å²) in [4.78, 5) is 50.8. The molecule has 166 valence electrons. The second kappa shape index (κ2) is 9.19. The molecule has 2 heterocycles. The first kappa shape index (κ1) is 21.5. The monoisotopic (exact) mass is 435 g/mol. The summed E-state index contributed by atoms with van der Waals surface area (Å²) in [5.74, 6) is -0.590. The Hall–Kier alpha value is -3.72. The van der Waals surface area contributed by atoms with Crippen LogP contribution < -0.4 is 22.2 Å². The average Bonchev–Trinajstić information content (AvgIpc) is 3.24. The number of amides is 2. The van der Waals surface area contributed by atoms with Crippen molar-refractivity contribution in [2.75, 3.05) is 11.9 Å². The molecule has 9 nitrogen and oxygen atoms in total. The molecule has 1 saturated heterocycles. The molecule has 2 amide bonds. The van der Waals surface area contributed by atoms with Gasteiger partial charge in [0.1, 0.15) is 0 Å². The molecule has 32 heavy (non-hydrogen) atoms. The third-order valence-corrected chi connectivity index (χ3v) is 5.73. The van der Waals surface area contributed by atoms with Gasteiger partial charge in [-0.25, -0.2) is 4.68 Å². The first-order valence-electron chi connectivity index (χ1n) is 10.6.